The summed E-state index contributed by atoms with van der Waals surface area (Å²) in [5.74, 6) is 0.367. The molecular weight excluding hydrogens is 420 g/mol. The molecule has 2 aromatic rings. The monoisotopic (exact) mass is 456 g/mol. The van der Waals surface area contributed by atoms with Crippen LogP contribution in [0, 0.1) is 11.8 Å². The van der Waals surface area contributed by atoms with E-state index in [1.807, 2.05) is 42.5 Å². The number of hydrogen-bond acceptors (Lipinski definition) is 4. The third-order valence-electron chi connectivity index (χ3n) is 6.76. The van der Waals surface area contributed by atoms with Crippen LogP contribution in [-0.4, -0.2) is 47.9 Å². The number of hydrogen-bond donors (Lipinski definition) is 2. The van der Waals surface area contributed by atoms with Crippen molar-refractivity contribution in [3.63, 3.8) is 0 Å². The second-order valence-electron chi connectivity index (χ2n) is 9.18. The molecule has 6 heteroatoms. The Balaban J connectivity index is 0.00000363. The summed E-state index contributed by atoms with van der Waals surface area (Å²) >= 11 is 0. The van der Waals surface area contributed by atoms with Crippen LogP contribution in [0.4, 0.5) is 0 Å². The standard InChI is InChI=1S/C26H34N2O3.H2S/c1-19-17-28(13-12-26(19,3)23-10-7-11-24(30)15-23)18-22(25(31)27-16-20(2)29)14-21-8-5-4-6-9-21;/h4-11,15,19,22,30H,12-14,16-18H2,1-3H3,(H,27,31);1H2/t19-,22-,26?;/m0./s1. The second kappa shape index (κ2) is 11.5. The summed E-state index contributed by atoms with van der Waals surface area (Å²) in [6, 6.07) is 17.6. The van der Waals surface area contributed by atoms with Crippen molar-refractivity contribution in [1.29, 1.82) is 0 Å². The molecule has 0 aliphatic carbocycles. The molecule has 1 saturated heterocycles. The van der Waals surface area contributed by atoms with Crippen molar-refractivity contribution >= 4 is 25.2 Å². The molecule has 3 rings (SSSR count). The van der Waals surface area contributed by atoms with Gasteiger partial charge in [-0.2, -0.15) is 13.5 Å². The maximum Gasteiger partial charge on any atom is 0.225 e. The molecule has 1 aliphatic rings. The van der Waals surface area contributed by atoms with Gasteiger partial charge in [0.15, 0.2) is 0 Å². The van der Waals surface area contributed by atoms with Gasteiger partial charge in [-0.05, 0) is 60.9 Å². The number of carbonyl (C=O) groups excluding carboxylic acids is 2. The Labute approximate surface area is 198 Å². The molecule has 2 N–H and O–H groups in total. The molecule has 32 heavy (non-hydrogen) atoms. The molecule has 174 valence electrons. The second-order valence-corrected chi connectivity index (χ2v) is 9.18. The highest BCUT2D eigenvalue weighted by atomic mass is 32.1. The van der Waals surface area contributed by atoms with Gasteiger partial charge in [-0.15, -0.1) is 0 Å². The Bertz CT molecular complexity index is 905. The number of amides is 1. The van der Waals surface area contributed by atoms with Gasteiger partial charge in [0.25, 0.3) is 0 Å². The van der Waals surface area contributed by atoms with Gasteiger partial charge in [0.1, 0.15) is 11.5 Å². The largest absolute Gasteiger partial charge is 0.508 e. The third-order valence-corrected chi connectivity index (χ3v) is 6.76. The number of piperidine rings is 1. The SMILES string of the molecule is CC(=O)CNC(=O)[C@@H](Cc1ccccc1)CN1CCC(C)(c2cccc(O)c2)[C@@H](C)C1.S. The van der Waals surface area contributed by atoms with E-state index in [1.54, 1.807) is 6.07 Å². The lowest BCUT2D eigenvalue weighted by Gasteiger charge is -2.45. The van der Waals surface area contributed by atoms with E-state index in [0.717, 1.165) is 25.1 Å². The number of carbonyl (C=O) groups is 2. The van der Waals surface area contributed by atoms with Crippen LogP contribution in [0.15, 0.2) is 54.6 Å². The molecule has 5 nitrogen and oxygen atoms in total. The first-order chi connectivity index (χ1) is 14.8. The highest BCUT2D eigenvalue weighted by Crippen LogP contribution is 2.40. The number of Topliss-reactive ketones (excluding diaryl/α,β-unsaturated/α-hetero) is 1. The van der Waals surface area contributed by atoms with Gasteiger partial charge >= 0.3 is 0 Å². The predicted molar refractivity (Wildman–Crippen MR) is 133 cm³/mol. The lowest BCUT2D eigenvalue weighted by Crippen LogP contribution is -2.50. The molecule has 0 bridgehead atoms. The van der Waals surface area contributed by atoms with Crippen LogP contribution in [0.25, 0.3) is 0 Å². The van der Waals surface area contributed by atoms with Crippen molar-refractivity contribution in [2.24, 2.45) is 11.8 Å². The first kappa shape index (κ1) is 25.9. The molecule has 1 heterocycles. The molecule has 0 aromatic heterocycles. The predicted octanol–water partition coefficient (Wildman–Crippen LogP) is 3.67. The van der Waals surface area contributed by atoms with E-state index in [9.17, 15) is 14.7 Å². The normalized spacial score (nSPS) is 21.9. The summed E-state index contributed by atoms with van der Waals surface area (Å²) in [6.45, 7) is 8.53. The van der Waals surface area contributed by atoms with Gasteiger partial charge < -0.3 is 15.3 Å². The average Bonchev–Trinajstić information content (AvgIpc) is 2.75. The summed E-state index contributed by atoms with van der Waals surface area (Å²) in [5, 5.41) is 12.7. The number of rotatable bonds is 8. The van der Waals surface area contributed by atoms with Gasteiger partial charge in [-0.25, -0.2) is 0 Å². The first-order valence-electron chi connectivity index (χ1n) is 11.1. The third kappa shape index (κ3) is 6.59. The molecule has 0 saturated carbocycles. The van der Waals surface area contributed by atoms with E-state index >= 15 is 0 Å². The lowest BCUT2D eigenvalue weighted by molar-refractivity contribution is -0.128. The summed E-state index contributed by atoms with van der Waals surface area (Å²) < 4.78 is 0. The number of ketones is 1. The minimum absolute atomic E-state index is 0. The first-order valence-corrected chi connectivity index (χ1v) is 11.1. The molecule has 1 unspecified atom stereocenters. The van der Waals surface area contributed by atoms with E-state index in [-0.39, 0.29) is 43.1 Å². The van der Waals surface area contributed by atoms with E-state index in [1.165, 1.54) is 12.5 Å². The van der Waals surface area contributed by atoms with Gasteiger partial charge in [-0.3, -0.25) is 9.59 Å². The van der Waals surface area contributed by atoms with Crippen molar-refractivity contribution < 1.29 is 14.7 Å². The molecule has 3 atom stereocenters. The maximum atomic E-state index is 12.9. The fraction of sp³-hybridized carbons (Fsp3) is 0.462. The number of likely N-dealkylation sites (tertiary alicyclic amines) is 1. The van der Waals surface area contributed by atoms with Crippen LogP contribution in [0.2, 0.25) is 0 Å². The van der Waals surface area contributed by atoms with Crippen LogP contribution in [0.5, 0.6) is 5.75 Å². The van der Waals surface area contributed by atoms with Crippen molar-refractivity contribution in [2.45, 2.75) is 39.0 Å². The molecule has 0 radical (unpaired) electrons. The van der Waals surface area contributed by atoms with E-state index in [2.05, 4.69) is 30.1 Å². The Morgan fingerprint density at radius 2 is 1.91 bits per heavy atom. The Hall–Kier alpha value is -2.31. The van der Waals surface area contributed by atoms with Crippen molar-refractivity contribution in [2.75, 3.05) is 26.2 Å². The van der Waals surface area contributed by atoms with Crippen LogP contribution in [-0.2, 0) is 21.4 Å². The van der Waals surface area contributed by atoms with Crippen molar-refractivity contribution in [3.05, 3.63) is 65.7 Å². The van der Waals surface area contributed by atoms with Crippen LogP contribution >= 0.6 is 13.5 Å². The zero-order valence-corrected chi connectivity index (χ0v) is 20.3. The molecule has 0 spiro atoms. The number of phenolic OH excluding ortho intramolecular Hbond substituents is 1. The minimum atomic E-state index is -0.209. The Morgan fingerprint density at radius 1 is 1.19 bits per heavy atom. The summed E-state index contributed by atoms with van der Waals surface area (Å²) in [5.41, 5.74) is 2.28. The van der Waals surface area contributed by atoms with E-state index in [0.29, 0.717) is 24.6 Å². The summed E-state index contributed by atoms with van der Waals surface area (Å²) in [7, 11) is 0. The highest BCUT2D eigenvalue weighted by molar-refractivity contribution is 7.59. The molecular formula is C26H36N2O3S. The van der Waals surface area contributed by atoms with Gasteiger partial charge in [0.05, 0.1) is 12.5 Å². The van der Waals surface area contributed by atoms with Gasteiger partial charge in [-0.1, -0.05) is 56.3 Å². The number of nitrogens with zero attached hydrogens (tertiary/aromatic N) is 1. The van der Waals surface area contributed by atoms with Gasteiger partial charge in [0, 0.05) is 13.1 Å². The Morgan fingerprint density at radius 3 is 2.53 bits per heavy atom. The highest BCUT2D eigenvalue weighted by Gasteiger charge is 2.39. The average molecular weight is 457 g/mol. The number of phenols is 1. The van der Waals surface area contributed by atoms with Gasteiger partial charge in [0.2, 0.25) is 5.91 Å². The molecule has 1 fully saturated rings. The van der Waals surface area contributed by atoms with E-state index in [4.69, 9.17) is 0 Å². The minimum Gasteiger partial charge on any atom is -0.508 e. The molecule has 2 aromatic carbocycles. The topological polar surface area (TPSA) is 69.6 Å². The summed E-state index contributed by atoms with van der Waals surface area (Å²) in [6.07, 6.45) is 1.62. The molecule has 1 amide bonds. The summed E-state index contributed by atoms with van der Waals surface area (Å²) in [4.78, 5) is 26.6. The zero-order valence-electron chi connectivity index (χ0n) is 19.3. The number of aromatic hydroxyl groups is 1. The fourth-order valence-electron chi connectivity index (χ4n) is 4.58. The van der Waals surface area contributed by atoms with E-state index < -0.39 is 0 Å². The lowest BCUT2D eigenvalue weighted by atomic mass is 9.68. The number of benzene rings is 2. The smallest absolute Gasteiger partial charge is 0.225 e. The number of nitrogens with one attached hydrogen (secondary N) is 1. The zero-order chi connectivity index (χ0) is 22.4. The molecule has 1 aliphatic heterocycles. The maximum absolute atomic E-state index is 12.9. The van der Waals surface area contributed by atoms with Crippen LogP contribution in [0.3, 0.4) is 0 Å². The van der Waals surface area contributed by atoms with Crippen LogP contribution < -0.4 is 5.32 Å². The fourth-order valence-corrected chi connectivity index (χ4v) is 4.58. The van der Waals surface area contributed by atoms with Crippen LogP contribution in [0.1, 0.15) is 38.3 Å². The quantitative estimate of drug-likeness (QED) is 0.636. The Kier molecular flexibility index (Phi) is 9.34. The van der Waals surface area contributed by atoms with Crippen molar-refractivity contribution in [1.82, 2.24) is 10.2 Å². The van der Waals surface area contributed by atoms with Crippen molar-refractivity contribution in [3.8, 4) is 5.75 Å².